The normalized spacial score (nSPS) is 18.2. The number of benzene rings is 2. The fourth-order valence-corrected chi connectivity index (χ4v) is 4.16. The number of aliphatic hydroxyl groups excluding tert-OH is 1. The minimum Gasteiger partial charge on any atom is -0.493 e. The molecule has 1 saturated heterocycles. The average molecular weight is 491 g/mol. The Balaban J connectivity index is 1.74. The first kappa shape index (κ1) is 25.8. The summed E-state index contributed by atoms with van der Waals surface area (Å²) >= 11 is 6.01. The highest BCUT2D eigenvalue weighted by Crippen LogP contribution is 2.37. The van der Waals surface area contributed by atoms with Crippen LogP contribution < -0.4 is 9.47 Å². The van der Waals surface area contributed by atoms with Crippen LogP contribution in [0.3, 0.4) is 0 Å². The fraction of sp³-hybridized carbons (Fsp3) is 0.440. The third kappa shape index (κ3) is 6.00. The molecule has 0 spiro atoms. The van der Waals surface area contributed by atoms with Crippen LogP contribution in [-0.2, 0) is 16.1 Å². The first-order valence-electron chi connectivity index (χ1n) is 11.1. The second-order valence-corrected chi connectivity index (χ2v) is 8.86. The molecule has 1 N–H and O–H groups in total. The molecule has 0 aliphatic carbocycles. The lowest BCUT2D eigenvalue weighted by Gasteiger charge is -2.54. The molecule has 1 heterocycles. The summed E-state index contributed by atoms with van der Waals surface area (Å²) in [4.78, 5) is 28.0. The number of carbonyl (C=O) groups is 2. The van der Waals surface area contributed by atoms with Gasteiger partial charge in [0, 0.05) is 31.1 Å². The minimum absolute atomic E-state index is 0.233. The SMILES string of the molecule is COC(=O)CCCN(Cc1ccc(Cl)cc1)C(O)C1(C)CCN1C(=O)Oc1ccccc1OC. The van der Waals surface area contributed by atoms with E-state index in [9.17, 15) is 14.7 Å². The molecule has 0 radical (unpaired) electrons. The summed E-state index contributed by atoms with van der Waals surface area (Å²) in [6, 6.07) is 14.3. The van der Waals surface area contributed by atoms with Gasteiger partial charge >= 0.3 is 12.1 Å². The van der Waals surface area contributed by atoms with Gasteiger partial charge in [-0.05, 0) is 49.6 Å². The maximum atomic E-state index is 13.0. The Kier molecular flexibility index (Phi) is 8.77. The van der Waals surface area contributed by atoms with E-state index >= 15 is 0 Å². The molecule has 1 aliphatic rings. The molecular formula is C25H31ClN2O6. The summed E-state index contributed by atoms with van der Waals surface area (Å²) in [5.41, 5.74) is 0.0872. The van der Waals surface area contributed by atoms with Crippen molar-refractivity contribution in [1.82, 2.24) is 9.80 Å². The summed E-state index contributed by atoms with van der Waals surface area (Å²) in [6.45, 7) is 3.15. The Labute approximate surface area is 205 Å². The Morgan fingerprint density at radius 1 is 1.15 bits per heavy atom. The van der Waals surface area contributed by atoms with Crippen molar-refractivity contribution in [3.05, 3.63) is 59.1 Å². The second-order valence-electron chi connectivity index (χ2n) is 8.43. The number of aliphatic hydroxyl groups is 1. The van der Waals surface area contributed by atoms with Crippen LogP contribution in [0.1, 0.15) is 31.7 Å². The van der Waals surface area contributed by atoms with Gasteiger partial charge in [-0.3, -0.25) is 14.6 Å². The van der Waals surface area contributed by atoms with E-state index in [1.165, 1.54) is 19.1 Å². The number of hydrogen-bond acceptors (Lipinski definition) is 7. The topological polar surface area (TPSA) is 88.5 Å². The lowest BCUT2D eigenvalue weighted by Crippen LogP contribution is -2.70. The molecule has 9 heteroatoms. The first-order chi connectivity index (χ1) is 16.3. The van der Waals surface area contributed by atoms with Gasteiger partial charge in [0.05, 0.1) is 19.8 Å². The van der Waals surface area contributed by atoms with E-state index in [0.29, 0.717) is 49.0 Å². The summed E-state index contributed by atoms with van der Waals surface area (Å²) in [5, 5.41) is 12.0. The number of nitrogens with zero attached hydrogens (tertiary/aromatic N) is 2. The highest BCUT2D eigenvalue weighted by atomic mass is 35.5. The number of likely N-dealkylation sites (tertiary alicyclic amines) is 1. The van der Waals surface area contributed by atoms with E-state index in [2.05, 4.69) is 0 Å². The average Bonchev–Trinajstić information content (AvgIpc) is 2.83. The van der Waals surface area contributed by atoms with Crippen molar-refractivity contribution in [3.8, 4) is 11.5 Å². The van der Waals surface area contributed by atoms with Crippen LogP contribution in [0.5, 0.6) is 11.5 Å². The predicted octanol–water partition coefficient (Wildman–Crippen LogP) is 4.09. The van der Waals surface area contributed by atoms with Gasteiger partial charge in [0.25, 0.3) is 0 Å². The minimum atomic E-state index is -0.986. The van der Waals surface area contributed by atoms with Gasteiger partial charge in [-0.2, -0.15) is 0 Å². The van der Waals surface area contributed by atoms with E-state index in [-0.39, 0.29) is 12.4 Å². The summed E-state index contributed by atoms with van der Waals surface area (Å²) in [7, 11) is 2.86. The highest BCUT2D eigenvalue weighted by molar-refractivity contribution is 6.30. The standard InChI is InChI=1S/C25H31ClN2O6/c1-25(14-16-28(25)24(31)34-21-8-5-4-7-20(21)32-2)23(30)27(15-6-9-22(29)33-3)17-18-10-12-19(26)13-11-18/h4-5,7-8,10-13,23,30H,6,9,14-17H2,1-3H3. The van der Waals surface area contributed by atoms with Gasteiger partial charge in [-0.25, -0.2) is 4.79 Å². The van der Waals surface area contributed by atoms with Gasteiger partial charge in [0.1, 0.15) is 6.23 Å². The molecule has 2 aromatic carbocycles. The molecule has 2 aromatic rings. The zero-order valence-corrected chi connectivity index (χ0v) is 20.5. The lowest BCUT2D eigenvalue weighted by molar-refractivity contribution is -0.147. The van der Waals surface area contributed by atoms with E-state index in [1.54, 1.807) is 36.4 Å². The number of methoxy groups -OCH3 is 2. The smallest absolute Gasteiger partial charge is 0.415 e. The van der Waals surface area contributed by atoms with Gasteiger partial charge in [0.2, 0.25) is 0 Å². The Hall–Kier alpha value is -2.81. The molecule has 3 rings (SSSR count). The van der Waals surface area contributed by atoms with Crippen molar-refractivity contribution < 1.29 is 28.9 Å². The zero-order chi connectivity index (χ0) is 24.7. The molecule has 2 atom stereocenters. The molecule has 34 heavy (non-hydrogen) atoms. The highest BCUT2D eigenvalue weighted by Gasteiger charge is 2.51. The molecule has 0 aromatic heterocycles. The van der Waals surface area contributed by atoms with Crippen LogP contribution >= 0.6 is 11.6 Å². The monoisotopic (exact) mass is 490 g/mol. The van der Waals surface area contributed by atoms with Crippen molar-refractivity contribution in [1.29, 1.82) is 0 Å². The van der Waals surface area contributed by atoms with E-state index < -0.39 is 17.9 Å². The Morgan fingerprint density at radius 2 is 1.82 bits per heavy atom. The van der Waals surface area contributed by atoms with Crippen molar-refractivity contribution in [2.45, 2.75) is 44.5 Å². The summed E-state index contributed by atoms with van der Waals surface area (Å²) in [5.74, 6) is 0.457. The molecule has 8 nitrogen and oxygen atoms in total. The van der Waals surface area contributed by atoms with Gasteiger partial charge in [-0.15, -0.1) is 0 Å². The van der Waals surface area contributed by atoms with Gasteiger partial charge in [0.15, 0.2) is 11.5 Å². The quantitative estimate of drug-likeness (QED) is 0.396. The fourth-order valence-electron chi connectivity index (χ4n) is 4.03. The van der Waals surface area contributed by atoms with Gasteiger partial charge < -0.3 is 19.3 Å². The number of carbonyl (C=O) groups excluding carboxylic acids is 2. The number of ether oxygens (including phenoxy) is 3. The third-order valence-corrected chi connectivity index (χ3v) is 6.45. The van der Waals surface area contributed by atoms with E-state index in [4.69, 9.17) is 25.8 Å². The van der Waals surface area contributed by atoms with E-state index in [0.717, 1.165) is 5.56 Å². The largest absolute Gasteiger partial charge is 0.493 e. The number of amides is 1. The molecular weight excluding hydrogens is 460 g/mol. The van der Waals surface area contributed by atoms with Crippen molar-refractivity contribution in [3.63, 3.8) is 0 Å². The van der Waals surface area contributed by atoms with Crippen LogP contribution in [0.4, 0.5) is 4.79 Å². The number of esters is 1. The molecule has 0 bridgehead atoms. The number of hydrogen-bond donors (Lipinski definition) is 1. The predicted molar refractivity (Wildman–Crippen MR) is 128 cm³/mol. The van der Waals surface area contributed by atoms with Crippen molar-refractivity contribution >= 4 is 23.7 Å². The van der Waals surface area contributed by atoms with Crippen LogP contribution in [0, 0.1) is 0 Å². The van der Waals surface area contributed by atoms with E-state index in [1.807, 2.05) is 24.0 Å². The Bertz CT molecular complexity index is 986. The van der Waals surface area contributed by atoms with Crippen LogP contribution in [-0.4, -0.2) is 66.0 Å². The second kappa shape index (κ2) is 11.6. The molecule has 0 saturated carbocycles. The van der Waals surface area contributed by atoms with Crippen LogP contribution in [0.2, 0.25) is 5.02 Å². The first-order valence-corrected chi connectivity index (χ1v) is 11.5. The van der Waals surface area contributed by atoms with Crippen molar-refractivity contribution in [2.24, 2.45) is 0 Å². The lowest BCUT2D eigenvalue weighted by atomic mass is 9.84. The summed E-state index contributed by atoms with van der Waals surface area (Å²) < 4.78 is 15.6. The molecule has 1 fully saturated rings. The molecule has 1 aliphatic heterocycles. The van der Waals surface area contributed by atoms with Crippen LogP contribution in [0.25, 0.3) is 0 Å². The number of rotatable bonds is 10. The molecule has 184 valence electrons. The molecule has 2 unspecified atom stereocenters. The number of para-hydroxylation sites is 2. The zero-order valence-electron chi connectivity index (χ0n) is 19.7. The van der Waals surface area contributed by atoms with Crippen molar-refractivity contribution in [2.75, 3.05) is 27.3 Å². The third-order valence-electron chi connectivity index (χ3n) is 6.20. The van der Waals surface area contributed by atoms with Crippen LogP contribution in [0.15, 0.2) is 48.5 Å². The van der Waals surface area contributed by atoms with Gasteiger partial charge in [-0.1, -0.05) is 35.9 Å². The Morgan fingerprint density at radius 3 is 2.41 bits per heavy atom. The number of halogens is 1. The maximum Gasteiger partial charge on any atom is 0.415 e. The maximum absolute atomic E-state index is 13.0. The molecule has 1 amide bonds. The summed E-state index contributed by atoms with van der Waals surface area (Å²) in [6.07, 6.45) is -0.211.